The lowest BCUT2D eigenvalue weighted by molar-refractivity contribution is 0.0532. The third kappa shape index (κ3) is 6.87. The first-order valence-corrected chi connectivity index (χ1v) is 20.0. The number of carbonyl (C=O) groups excluding carboxylic acids is 4. The molecular formula is C49H50N2O7. The summed E-state index contributed by atoms with van der Waals surface area (Å²) in [6.45, 7) is 12.6. The van der Waals surface area contributed by atoms with E-state index in [1.165, 1.54) is 9.80 Å². The van der Waals surface area contributed by atoms with E-state index in [-0.39, 0.29) is 48.9 Å². The van der Waals surface area contributed by atoms with Gasteiger partial charge in [0, 0.05) is 46.2 Å². The van der Waals surface area contributed by atoms with Gasteiger partial charge in [-0.15, -0.1) is 0 Å². The minimum Gasteiger partial charge on any atom is -0.394 e. The second-order valence-corrected chi connectivity index (χ2v) is 16.1. The molecule has 4 amide bonds. The molecule has 0 saturated heterocycles. The van der Waals surface area contributed by atoms with Gasteiger partial charge in [-0.05, 0) is 105 Å². The molecule has 2 aliphatic rings. The Bertz CT molecular complexity index is 2600. The summed E-state index contributed by atoms with van der Waals surface area (Å²) in [6.07, 6.45) is 0.577. The van der Waals surface area contributed by atoms with Crippen LogP contribution in [0.1, 0.15) is 95.0 Å². The molecule has 9 heteroatoms. The summed E-state index contributed by atoms with van der Waals surface area (Å²) in [5.74, 6) is -0.422. The van der Waals surface area contributed by atoms with Crippen LogP contribution in [0, 0.1) is 11.8 Å². The summed E-state index contributed by atoms with van der Waals surface area (Å²) in [7, 11) is 1.55. The van der Waals surface area contributed by atoms with E-state index in [4.69, 9.17) is 10.2 Å². The lowest BCUT2D eigenvalue weighted by Crippen LogP contribution is -2.46. The number of amides is 4. The van der Waals surface area contributed by atoms with Crippen LogP contribution in [0.3, 0.4) is 0 Å². The van der Waals surface area contributed by atoms with Crippen LogP contribution in [0.4, 0.5) is 0 Å². The fourth-order valence-electron chi connectivity index (χ4n) is 8.36. The van der Waals surface area contributed by atoms with E-state index in [9.17, 15) is 19.2 Å². The Morgan fingerprint density at radius 1 is 0.569 bits per heavy atom. The van der Waals surface area contributed by atoms with Crippen LogP contribution in [-0.2, 0) is 11.3 Å². The molecule has 2 N–H and O–H groups in total. The molecule has 0 aromatic heterocycles. The fraction of sp³-hybridized carbons (Fsp3) is 0.306. The van der Waals surface area contributed by atoms with Gasteiger partial charge in [0.25, 0.3) is 23.6 Å². The second kappa shape index (κ2) is 16.3. The summed E-state index contributed by atoms with van der Waals surface area (Å²) in [5, 5.41) is 25.2. The highest BCUT2D eigenvalue weighted by Gasteiger charge is 2.38. The van der Waals surface area contributed by atoms with Gasteiger partial charge in [-0.3, -0.25) is 29.0 Å². The van der Waals surface area contributed by atoms with E-state index < -0.39 is 0 Å². The topological polar surface area (TPSA) is 124 Å². The standard InChI is InChI=1S/C41H30N2O4.C5H12O.C3H8O2/c1-21(2)19-22(3)43-40(46)32-17-13-28-26-11-15-30-36-31(16-12-27(34(26)36)29-14-18-33(41(43)47)37(32)35(28)29)39(45)42(38(30)44)20-24-9-6-8-23-7-4-5-10-25(23)24;1-4(2)5(3)6;1-5-3-2-4/h4-18,21-22H,19-20H2,1-3H3;4-6H,1-3H3;4H,2-3H2,1H3. The molecule has 0 spiro atoms. The molecular weight excluding hydrogens is 729 g/mol. The van der Waals surface area contributed by atoms with Crippen LogP contribution in [0.5, 0.6) is 0 Å². The predicted octanol–water partition coefficient (Wildman–Crippen LogP) is 9.37. The Morgan fingerprint density at radius 2 is 1.02 bits per heavy atom. The predicted molar refractivity (Wildman–Crippen MR) is 231 cm³/mol. The van der Waals surface area contributed by atoms with Crippen molar-refractivity contribution in [3.63, 3.8) is 0 Å². The molecule has 0 fully saturated rings. The number of ether oxygens (including phenoxy) is 1. The van der Waals surface area contributed by atoms with Crippen LogP contribution in [0.15, 0.2) is 91.0 Å². The van der Waals surface area contributed by atoms with Gasteiger partial charge < -0.3 is 14.9 Å². The summed E-state index contributed by atoms with van der Waals surface area (Å²) in [6, 6.07) is 28.8. The van der Waals surface area contributed by atoms with Crippen molar-refractivity contribution in [2.24, 2.45) is 11.8 Å². The Labute approximate surface area is 338 Å². The summed E-state index contributed by atoms with van der Waals surface area (Å²) >= 11 is 0. The number of hydrogen-bond acceptors (Lipinski definition) is 7. The molecule has 7 aromatic carbocycles. The first-order chi connectivity index (χ1) is 27.8. The second-order valence-electron chi connectivity index (χ2n) is 16.1. The first-order valence-electron chi connectivity index (χ1n) is 20.0. The number of rotatable bonds is 8. The lowest BCUT2D eigenvalue weighted by Gasteiger charge is -2.33. The Hall–Kier alpha value is -5.74. The van der Waals surface area contributed by atoms with Crippen molar-refractivity contribution >= 4 is 77.5 Å². The number of benzene rings is 7. The number of fused-ring (bicyclic) bond motifs is 3. The molecule has 298 valence electrons. The van der Waals surface area contributed by atoms with Crippen molar-refractivity contribution in [3.8, 4) is 0 Å². The highest BCUT2D eigenvalue weighted by atomic mass is 16.5. The molecule has 0 radical (unpaired) electrons. The molecule has 0 saturated carbocycles. The average Bonchev–Trinajstić information content (AvgIpc) is 3.20. The number of carbonyl (C=O) groups is 4. The Kier molecular flexibility index (Phi) is 11.3. The van der Waals surface area contributed by atoms with Crippen molar-refractivity contribution in [1.29, 1.82) is 0 Å². The quantitative estimate of drug-likeness (QED) is 0.0895. The van der Waals surface area contributed by atoms with Crippen molar-refractivity contribution in [2.45, 2.75) is 66.7 Å². The first kappa shape index (κ1) is 40.5. The van der Waals surface area contributed by atoms with Crippen molar-refractivity contribution < 1.29 is 34.1 Å². The third-order valence-electron chi connectivity index (χ3n) is 11.5. The Balaban J connectivity index is 0.000000414. The normalized spacial score (nSPS) is 14.9. The molecule has 7 aromatic rings. The third-order valence-corrected chi connectivity index (χ3v) is 11.5. The zero-order valence-electron chi connectivity index (χ0n) is 34.1. The highest BCUT2D eigenvalue weighted by Crippen LogP contribution is 2.46. The van der Waals surface area contributed by atoms with Gasteiger partial charge in [-0.2, -0.15) is 0 Å². The maximum Gasteiger partial charge on any atom is 0.261 e. The van der Waals surface area contributed by atoms with Crippen LogP contribution < -0.4 is 0 Å². The molecule has 9 rings (SSSR count). The van der Waals surface area contributed by atoms with Crippen LogP contribution >= 0.6 is 0 Å². The zero-order chi connectivity index (χ0) is 41.6. The number of imide groups is 2. The lowest BCUT2D eigenvalue weighted by atomic mass is 9.82. The number of aliphatic hydroxyl groups is 2. The SMILES string of the molecule is CC(C)C(C)O.CC(C)CC(C)N1C(=O)c2ccc3c4ccc5c6c(ccc(c7ccc(c2c37)C1=O)c64)C(=O)N(Cc1cccc2ccccc12)C5=O.COCCO. The number of nitrogens with zero attached hydrogens (tertiary/aromatic N) is 2. The van der Waals surface area contributed by atoms with E-state index in [1.54, 1.807) is 14.0 Å². The minimum atomic E-state index is -0.318. The molecule has 2 heterocycles. The van der Waals surface area contributed by atoms with Crippen molar-refractivity contribution in [1.82, 2.24) is 9.80 Å². The van der Waals surface area contributed by atoms with Crippen LogP contribution in [0.25, 0.3) is 53.9 Å². The number of hydrogen-bond donors (Lipinski definition) is 2. The van der Waals surface area contributed by atoms with Gasteiger partial charge in [0.15, 0.2) is 0 Å². The van der Waals surface area contributed by atoms with Gasteiger partial charge in [0.2, 0.25) is 0 Å². The highest BCUT2D eigenvalue weighted by molar-refractivity contribution is 6.41. The van der Waals surface area contributed by atoms with Crippen LogP contribution in [-0.4, -0.2) is 76.1 Å². The molecule has 2 aliphatic heterocycles. The van der Waals surface area contributed by atoms with E-state index >= 15 is 0 Å². The maximum absolute atomic E-state index is 14.1. The summed E-state index contributed by atoms with van der Waals surface area (Å²) in [4.78, 5) is 58.7. The smallest absolute Gasteiger partial charge is 0.261 e. The molecule has 2 unspecified atom stereocenters. The monoisotopic (exact) mass is 778 g/mol. The van der Waals surface area contributed by atoms with Gasteiger partial charge in [0.1, 0.15) is 0 Å². The molecule has 0 bridgehead atoms. The largest absolute Gasteiger partial charge is 0.394 e. The molecule has 0 aliphatic carbocycles. The van der Waals surface area contributed by atoms with E-state index in [0.717, 1.165) is 55.1 Å². The summed E-state index contributed by atoms with van der Waals surface area (Å²) < 4.78 is 4.44. The van der Waals surface area contributed by atoms with E-state index in [1.807, 2.05) is 112 Å². The maximum atomic E-state index is 14.1. The van der Waals surface area contributed by atoms with Crippen molar-refractivity contribution in [2.75, 3.05) is 20.3 Å². The Morgan fingerprint density at radius 3 is 1.43 bits per heavy atom. The number of aliphatic hydroxyl groups excluding tert-OH is 2. The van der Waals surface area contributed by atoms with Gasteiger partial charge in [-0.25, -0.2) is 0 Å². The van der Waals surface area contributed by atoms with E-state index in [2.05, 4.69) is 18.6 Å². The molecule has 58 heavy (non-hydrogen) atoms. The van der Waals surface area contributed by atoms with Crippen molar-refractivity contribution in [3.05, 3.63) is 119 Å². The van der Waals surface area contributed by atoms with Gasteiger partial charge in [0.05, 0.1) is 25.9 Å². The fourth-order valence-corrected chi connectivity index (χ4v) is 8.36. The summed E-state index contributed by atoms with van der Waals surface area (Å²) in [5.41, 5.74) is 2.96. The van der Waals surface area contributed by atoms with Gasteiger partial charge >= 0.3 is 0 Å². The molecule has 9 nitrogen and oxygen atoms in total. The van der Waals surface area contributed by atoms with E-state index in [0.29, 0.717) is 51.5 Å². The minimum absolute atomic E-state index is 0.122. The molecule has 2 atom stereocenters. The van der Waals surface area contributed by atoms with Crippen LogP contribution in [0.2, 0.25) is 0 Å². The average molecular weight is 779 g/mol. The number of methoxy groups -OCH3 is 1. The van der Waals surface area contributed by atoms with Gasteiger partial charge in [-0.1, -0.05) is 94.4 Å². The zero-order valence-corrected chi connectivity index (χ0v) is 34.1.